The number of hydrogen-bond acceptors (Lipinski definition) is 4. The summed E-state index contributed by atoms with van der Waals surface area (Å²) < 4.78 is 0. The number of tetrazole rings is 1. The first-order valence-corrected chi connectivity index (χ1v) is 5.80. The summed E-state index contributed by atoms with van der Waals surface area (Å²) >= 11 is 5.93. The summed E-state index contributed by atoms with van der Waals surface area (Å²) in [5.41, 5.74) is 1.24. The molecule has 1 aromatic carbocycles. The molecule has 2 aromatic rings. The molecule has 2 rings (SSSR count). The molecule has 0 aliphatic rings. The number of amides is 1. The number of hydrogen-bond donors (Lipinski definition) is 2. The number of nitrogens with one attached hydrogen (secondary N) is 2. The molecular weight excluding hydrogens is 266 g/mol. The molecular formula is C12H16ClN5O. The van der Waals surface area contributed by atoms with Crippen molar-refractivity contribution in [2.24, 2.45) is 5.92 Å². The van der Waals surface area contributed by atoms with Gasteiger partial charge in [-0.2, -0.15) is 5.21 Å². The van der Waals surface area contributed by atoms with Gasteiger partial charge in [0.25, 0.3) is 0 Å². The molecule has 1 amide bonds. The quantitative estimate of drug-likeness (QED) is 0.906. The molecule has 2 N–H and O–H groups in total. The second-order valence-electron chi connectivity index (χ2n) is 4.07. The third-order valence-corrected chi connectivity index (χ3v) is 2.59. The fraction of sp³-hybridized carbons (Fsp3) is 0.333. The van der Waals surface area contributed by atoms with Crippen molar-refractivity contribution in [2.75, 3.05) is 5.32 Å². The van der Waals surface area contributed by atoms with Crippen LogP contribution in [0.2, 0.25) is 5.02 Å². The Morgan fingerprint density at radius 2 is 2.16 bits per heavy atom. The van der Waals surface area contributed by atoms with Gasteiger partial charge in [0.15, 0.2) is 0 Å². The van der Waals surface area contributed by atoms with Crippen molar-refractivity contribution >= 4 is 23.2 Å². The van der Waals surface area contributed by atoms with Gasteiger partial charge in [0.2, 0.25) is 11.7 Å². The molecule has 7 heteroatoms. The van der Waals surface area contributed by atoms with Crippen molar-refractivity contribution in [1.82, 2.24) is 20.6 Å². The number of rotatable bonds is 3. The minimum absolute atomic E-state index is 0. The van der Waals surface area contributed by atoms with Crippen molar-refractivity contribution in [3.8, 4) is 11.4 Å². The van der Waals surface area contributed by atoms with E-state index in [1.807, 2.05) is 13.8 Å². The van der Waals surface area contributed by atoms with Crippen LogP contribution in [-0.4, -0.2) is 26.5 Å². The highest BCUT2D eigenvalue weighted by Gasteiger charge is 2.14. The van der Waals surface area contributed by atoms with Crippen molar-refractivity contribution in [3.63, 3.8) is 0 Å². The van der Waals surface area contributed by atoms with E-state index in [1.165, 1.54) is 0 Å². The Hall–Kier alpha value is -1.95. The molecule has 1 aromatic heterocycles. The largest absolute Gasteiger partial charge is 0.325 e. The third-order valence-electron chi connectivity index (χ3n) is 2.35. The topological polar surface area (TPSA) is 83.6 Å². The second kappa shape index (κ2) is 6.29. The van der Waals surface area contributed by atoms with Crippen molar-refractivity contribution in [3.05, 3.63) is 23.2 Å². The first-order valence-electron chi connectivity index (χ1n) is 5.42. The number of benzene rings is 1. The summed E-state index contributed by atoms with van der Waals surface area (Å²) in [6.07, 6.45) is 0. The van der Waals surface area contributed by atoms with Crippen LogP contribution >= 0.6 is 11.6 Å². The molecule has 0 fully saturated rings. The van der Waals surface area contributed by atoms with Gasteiger partial charge in [0, 0.05) is 16.5 Å². The maximum absolute atomic E-state index is 11.7. The van der Waals surface area contributed by atoms with Crippen LogP contribution in [0.15, 0.2) is 18.2 Å². The van der Waals surface area contributed by atoms with Crippen molar-refractivity contribution in [2.45, 2.75) is 21.3 Å². The lowest BCUT2D eigenvalue weighted by Crippen LogP contribution is -2.18. The standard InChI is InChI=1S/C11H12ClN5O.CH4/c1-6(2)11(18)13-9-5-7(12)3-4-8(9)10-14-16-17-15-10;/h3-6H,1-2H3,(H,13,18)(H,14,15,16,17);1H4. The molecule has 0 spiro atoms. The van der Waals surface area contributed by atoms with Crippen molar-refractivity contribution < 1.29 is 4.79 Å². The zero-order valence-corrected chi connectivity index (χ0v) is 10.7. The van der Waals surface area contributed by atoms with E-state index in [0.29, 0.717) is 22.1 Å². The van der Waals surface area contributed by atoms with Gasteiger partial charge in [-0.25, -0.2) is 0 Å². The highest BCUT2D eigenvalue weighted by Crippen LogP contribution is 2.28. The third kappa shape index (κ3) is 3.51. The molecule has 0 aliphatic heterocycles. The van der Waals surface area contributed by atoms with E-state index in [4.69, 9.17) is 11.6 Å². The van der Waals surface area contributed by atoms with Gasteiger partial charge in [-0.15, -0.1) is 10.2 Å². The zero-order chi connectivity index (χ0) is 13.1. The van der Waals surface area contributed by atoms with Gasteiger partial charge in [0.05, 0.1) is 5.69 Å². The molecule has 0 saturated heterocycles. The van der Waals surface area contributed by atoms with E-state index in [2.05, 4.69) is 25.9 Å². The predicted molar refractivity (Wildman–Crippen MR) is 74.8 cm³/mol. The number of anilines is 1. The van der Waals surface area contributed by atoms with Gasteiger partial charge in [-0.3, -0.25) is 4.79 Å². The maximum Gasteiger partial charge on any atom is 0.226 e. The minimum Gasteiger partial charge on any atom is -0.325 e. The Morgan fingerprint density at radius 1 is 1.42 bits per heavy atom. The van der Waals surface area contributed by atoms with Gasteiger partial charge >= 0.3 is 0 Å². The monoisotopic (exact) mass is 281 g/mol. The number of H-pyrrole nitrogens is 1. The van der Waals surface area contributed by atoms with Gasteiger partial charge in [-0.1, -0.05) is 32.9 Å². The van der Waals surface area contributed by atoms with Crippen LogP contribution < -0.4 is 5.32 Å². The lowest BCUT2D eigenvalue weighted by atomic mass is 10.1. The normalized spacial score (nSPS) is 10.1. The van der Waals surface area contributed by atoms with Crippen LogP contribution in [0.3, 0.4) is 0 Å². The maximum atomic E-state index is 11.7. The van der Waals surface area contributed by atoms with Crippen LogP contribution in [0, 0.1) is 5.92 Å². The first-order chi connectivity index (χ1) is 8.58. The van der Waals surface area contributed by atoms with E-state index < -0.39 is 0 Å². The summed E-state index contributed by atoms with van der Waals surface area (Å²) in [6, 6.07) is 5.11. The number of nitrogens with zero attached hydrogens (tertiary/aromatic N) is 3. The molecule has 1 heterocycles. The van der Waals surface area contributed by atoms with Crippen molar-refractivity contribution in [1.29, 1.82) is 0 Å². The average Bonchev–Trinajstić information content (AvgIpc) is 2.82. The van der Waals surface area contributed by atoms with Gasteiger partial charge < -0.3 is 5.32 Å². The molecule has 6 nitrogen and oxygen atoms in total. The summed E-state index contributed by atoms with van der Waals surface area (Å²) in [7, 11) is 0. The number of aromatic nitrogens is 4. The fourth-order valence-electron chi connectivity index (χ4n) is 1.37. The Bertz CT molecular complexity index is 553. The molecule has 19 heavy (non-hydrogen) atoms. The van der Waals surface area contributed by atoms with E-state index in [1.54, 1.807) is 18.2 Å². The Labute approximate surface area is 116 Å². The highest BCUT2D eigenvalue weighted by atomic mass is 35.5. The van der Waals surface area contributed by atoms with Crippen LogP contribution in [0.4, 0.5) is 5.69 Å². The fourth-order valence-corrected chi connectivity index (χ4v) is 1.54. The molecule has 0 saturated carbocycles. The van der Waals surface area contributed by atoms with E-state index in [9.17, 15) is 4.79 Å². The molecule has 0 aliphatic carbocycles. The Morgan fingerprint density at radius 3 is 2.74 bits per heavy atom. The molecule has 0 radical (unpaired) electrons. The van der Waals surface area contributed by atoms with E-state index in [-0.39, 0.29) is 19.3 Å². The summed E-state index contributed by atoms with van der Waals surface area (Å²) in [5.74, 6) is 0.190. The molecule has 102 valence electrons. The Kier molecular flexibility index (Phi) is 5.00. The molecule has 0 atom stereocenters. The first kappa shape index (κ1) is 15.1. The number of aromatic amines is 1. The lowest BCUT2D eigenvalue weighted by molar-refractivity contribution is -0.118. The van der Waals surface area contributed by atoms with Gasteiger partial charge in [0.1, 0.15) is 0 Å². The van der Waals surface area contributed by atoms with Gasteiger partial charge in [-0.05, 0) is 23.4 Å². The predicted octanol–water partition coefficient (Wildman–Crippen LogP) is 2.75. The van der Waals surface area contributed by atoms with E-state index >= 15 is 0 Å². The SMILES string of the molecule is C.CC(C)C(=O)Nc1cc(Cl)ccc1-c1nn[nH]n1. The molecule has 0 bridgehead atoms. The Balaban J connectivity index is 0.00000180. The minimum atomic E-state index is -0.123. The highest BCUT2D eigenvalue weighted by molar-refractivity contribution is 6.31. The molecule has 0 unspecified atom stereocenters. The zero-order valence-electron chi connectivity index (χ0n) is 9.94. The number of carbonyl (C=O) groups excluding carboxylic acids is 1. The summed E-state index contributed by atoms with van der Waals surface area (Å²) in [5, 5.41) is 17.0. The summed E-state index contributed by atoms with van der Waals surface area (Å²) in [6.45, 7) is 3.63. The van der Waals surface area contributed by atoms with Crippen LogP contribution in [0.25, 0.3) is 11.4 Å². The van der Waals surface area contributed by atoms with E-state index in [0.717, 1.165) is 0 Å². The smallest absolute Gasteiger partial charge is 0.226 e. The number of halogens is 1. The number of carbonyl (C=O) groups is 1. The second-order valence-corrected chi connectivity index (χ2v) is 4.51. The average molecular weight is 282 g/mol. The van der Waals surface area contributed by atoms with Crippen LogP contribution in [-0.2, 0) is 4.79 Å². The van der Waals surface area contributed by atoms with Crippen LogP contribution in [0.5, 0.6) is 0 Å². The lowest BCUT2D eigenvalue weighted by Gasteiger charge is -2.11. The van der Waals surface area contributed by atoms with Crippen LogP contribution in [0.1, 0.15) is 21.3 Å². The summed E-state index contributed by atoms with van der Waals surface area (Å²) in [4.78, 5) is 11.7.